The minimum absolute atomic E-state index is 0. The van der Waals surface area contributed by atoms with Gasteiger partial charge in [-0.1, -0.05) is 71.0 Å². The maximum atomic E-state index is 12.3. The lowest BCUT2D eigenvalue weighted by Gasteiger charge is -2.26. The zero-order valence-electron chi connectivity index (χ0n) is 22.9. The first-order chi connectivity index (χ1) is 18.9. The van der Waals surface area contributed by atoms with E-state index in [1.807, 2.05) is 81.4 Å². The smallest absolute Gasteiger partial charge is 0.410 e. The van der Waals surface area contributed by atoms with Crippen LogP contribution in [0.25, 0.3) is 22.8 Å². The molecule has 1 amide bonds. The highest BCUT2D eigenvalue weighted by molar-refractivity contribution is 5.85. The molecule has 0 radical (unpaired) electrons. The Bertz CT molecular complexity index is 1350. The second-order valence-corrected chi connectivity index (χ2v) is 10.6. The van der Waals surface area contributed by atoms with Crippen molar-refractivity contribution in [2.75, 3.05) is 13.1 Å². The van der Waals surface area contributed by atoms with Gasteiger partial charge in [0.05, 0.1) is 6.04 Å². The molecule has 2 aromatic carbocycles. The quantitative estimate of drug-likeness (QED) is 0.299. The first-order valence-corrected chi connectivity index (χ1v) is 13.4. The molecule has 2 aromatic heterocycles. The van der Waals surface area contributed by atoms with Crippen LogP contribution in [0, 0.1) is 0 Å². The Morgan fingerprint density at radius 1 is 0.875 bits per heavy atom. The van der Waals surface area contributed by atoms with Crippen LogP contribution < -0.4 is 5.32 Å². The van der Waals surface area contributed by atoms with Crippen molar-refractivity contribution in [3.05, 3.63) is 72.4 Å². The summed E-state index contributed by atoms with van der Waals surface area (Å²) in [6, 6.07) is 19.5. The van der Waals surface area contributed by atoms with Gasteiger partial charge in [0.25, 0.3) is 0 Å². The number of nitrogens with one attached hydrogen (secondary N) is 1. The number of ether oxygens (including phenoxy) is 1. The molecule has 1 N–H and O–H groups in total. The van der Waals surface area contributed by atoms with Crippen LogP contribution in [0.1, 0.15) is 70.3 Å². The van der Waals surface area contributed by atoms with Gasteiger partial charge in [-0.15, -0.1) is 12.4 Å². The summed E-state index contributed by atoms with van der Waals surface area (Å²) in [6.07, 6.45) is 3.62. The second-order valence-electron chi connectivity index (χ2n) is 10.6. The third-order valence-electron chi connectivity index (χ3n) is 6.47. The lowest BCUT2D eigenvalue weighted by molar-refractivity contribution is 0.0199. The molecule has 2 fully saturated rings. The van der Waals surface area contributed by atoms with Crippen molar-refractivity contribution in [3.63, 3.8) is 0 Å². The number of halogens is 1. The molecule has 6 rings (SSSR count). The van der Waals surface area contributed by atoms with E-state index >= 15 is 0 Å². The number of carbonyl (C=O) groups is 1. The van der Waals surface area contributed by atoms with E-state index in [4.69, 9.17) is 13.8 Å². The van der Waals surface area contributed by atoms with Crippen molar-refractivity contribution in [1.82, 2.24) is 30.5 Å². The van der Waals surface area contributed by atoms with Crippen molar-refractivity contribution in [3.8, 4) is 22.8 Å². The van der Waals surface area contributed by atoms with Gasteiger partial charge < -0.3 is 19.1 Å². The highest BCUT2D eigenvalue weighted by atomic mass is 35.5. The number of benzene rings is 2. The summed E-state index contributed by atoms with van der Waals surface area (Å²) >= 11 is 0. The Hall–Kier alpha value is -3.76. The van der Waals surface area contributed by atoms with E-state index in [-0.39, 0.29) is 30.6 Å². The normalized spacial score (nSPS) is 18.5. The highest BCUT2D eigenvalue weighted by Gasteiger charge is 2.36. The Morgan fingerprint density at radius 2 is 1.45 bits per heavy atom. The maximum Gasteiger partial charge on any atom is 0.410 e. The Kier molecular flexibility index (Phi) is 9.54. The predicted octanol–water partition coefficient (Wildman–Crippen LogP) is 6.39. The molecule has 2 aliphatic heterocycles. The largest absolute Gasteiger partial charge is 0.444 e. The minimum Gasteiger partial charge on any atom is -0.444 e. The van der Waals surface area contributed by atoms with Crippen molar-refractivity contribution in [2.45, 2.75) is 64.1 Å². The number of hydrogen-bond acceptors (Lipinski definition) is 9. The molecular formula is C29H35ClN6O4. The molecule has 4 heterocycles. The van der Waals surface area contributed by atoms with E-state index < -0.39 is 5.60 Å². The summed E-state index contributed by atoms with van der Waals surface area (Å²) in [5, 5.41) is 11.4. The molecule has 0 aliphatic carbocycles. The SMILES string of the molecule is CC(C)(C)OC(=O)N1CCC[C@H]1c1nc(-c2ccccc2)no1.Cl.c1ccc(-c2noc([C@@H]3CCCN3)n2)cc1. The maximum absolute atomic E-state index is 12.3. The molecule has 212 valence electrons. The number of nitrogens with zero attached hydrogens (tertiary/aromatic N) is 5. The Morgan fingerprint density at radius 3 is 2.00 bits per heavy atom. The molecule has 2 saturated heterocycles. The summed E-state index contributed by atoms with van der Waals surface area (Å²) in [5.41, 5.74) is 1.37. The highest BCUT2D eigenvalue weighted by Crippen LogP contribution is 2.33. The van der Waals surface area contributed by atoms with Gasteiger partial charge in [0.2, 0.25) is 23.4 Å². The van der Waals surface area contributed by atoms with Gasteiger partial charge in [0, 0.05) is 17.7 Å². The summed E-state index contributed by atoms with van der Waals surface area (Å²) in [5.74, 6) is 2.38. The zero-order chi connectivity index (χ0) is 27.2. The van der Waals surface area contributed by atoms with Gasteiger partial charge >= 0.3 is 6.09 Å². The van der Waals surface area contributed by atoms with Crippen LogP contribution in [0.3, 0.4) is 0 Å². The summed E-state index contributed by atoms with van der Waals surface area (Å²) in [6.45, 7) is 7.25. The molecule has 4 aromatic rings. The number of aromatic nitrogens is 4. The van der Waals surface area contributed by atoms with Gasteiger partial charge in [0.1, 0.15) is 11.6 Å². The fourth-order valence-electron chi connectivity index (χ4n) is 4.61. The van der Waals surface area contributed by atoms with E-state index in [2.05, 4.69) is 25.6 Å². The van der Waals surface area contributed by atoms with Crippen molar-refractivity contribution >= 4 is 18.5 Å². The lowest BCUT2D eigenvalue weighted by atomic mass is 10.2. The number of rotatable bonds is 4. The first-order valence-electron chi connectivity index (χ1n) is 13.4. The monoisotopic (exact) mass is 566 g/mol. The number of carbonyl (C=O) groups excluding carboxylic acids is 1. The summed E-state index contributed by atoms with van der Waals surface area (Å²) in [4.78, 5) is 22.9. The second kappa shape index (κ2) is 13.1. The average Bonchev–Trinajstić information content (AvgIpc) is 3.75. The standard InChI is InChI=1S/C17H21N3O3.C12H13N3O.ClH/c1-17(2,3)22-16(21)20-11-7-10-13(20)15-18-14(19-23-15)12-8-5-4-6-9-12;1-2-5-9(6-3-1)11-14-12(16-15-11)10-7-4-8-13-10;/h4-6,8-9,13H,7,10-11H2,1-3H3;1-3,5-6,10,13H,4,7-8H2;1H/t13-;10-;/m00./s1. The van der Waals surface area contributed by atoms with Crippen LogP contribution in [0.4, 0.5) is 4.79 Å². The first kappa shape index (κ1) is 29.2. The molecule has 2 aliphatic rings. The van der Waals surface area contributed by atoms with E-state index in [0.717, 1.165) is 36.9 Å². The van der Waals surface area contributed by atoms with Crippen molar-refractivity contribution in [1.29, 1.82) is 0 Å². The molecular weight excluding hydrogens is 532 g/mol. The Balaban J connectivity index is 0.000000191. The topological polar surface area (TPSA) is 119 Å². The van der Waals surface area contributed by atoms with Crippen LogP contribution >= 0.6 is 12.4 Å². The minimum atomic E-state index is -0.520. The van der Waals surface area contributed by atoms with Crippen molar-refractivity contribution < 1.29 is 18.6 Å². The van der Waals surface area contributed by atoms with Crippen LogP contribution in [0.15, 0.2) is 69.7 Å². The van der Waals surface area contributed by atoms with Gasteiger partial charge in [-0.25, -0.2) is 4.79 Å². The Labute approximate surface area is 239 Å². The molecule has 0 unspecified atom stereocenters. The van der Waals surface area contributed by atoms with Gasteiger partial charge in [-0.05, 0) is 53.0 Å². The number of hydrogen-bond donors (Lipinski definition) is 1. The molecule has 0 saturated carbocycles. The molecule has 0 bridgehead atoms. The van der Waals surface area contributed by atoms with Gasteiger partial charge in [0.15, 0.2) is 0 Å². The van der Waals surface area contributed by atoms with Crippen LogP contribution in [-0.4, -0.2) is 50.0 Å². The molecule has 11 heteroatoms. The van der Waals surface area contributed by atoms with Gasteiger partial charge in [-0.2, -0.15) is 9.97 Å². The fourth-order valence-corrected chi connectivity index (χ4v) is 4.61. The number of amides is 1. The zero-order valence-corrected chi connectivity index (χ0v) is 23.8. The third-order valence-corrected chi connectivity index (χ3v) is 6.47. The van der Waals surface area contributed by atoms with Crippen LogP contribution in [0.5, 0.6) is 0 Å². The third kappa shape index (κ3) is 7.25. The number of likely N-dealkylation sites (tertiary alicyclic amines) is 1. The van der Waals surface area contributed by atoms with Gasteiger partial charge in [-0.3, -0.25) is 4.90 Å². The molecule has 2 atom stereocenters. The summed E-state index contributed by atoms with van der Waals surface area (Å²) in [7, 11) is 0. The lowest BCUT2D eigenvalue weighted by Crippen LogP contribution is -2.36. The van der Waals surface area contributed by atoms with E-state index in [1.165, 1.54) is 6.42 Å². The van der Waals surface area contributed by atoms with Crippen LogP contribution in [0.2, 0.25) is 0 Å². The van der Waals surface area contributed by atoms with E-state index in [0.29, 0.717) is 30.0 Å². The van der Waals surface area contributed by atoms with E-state index in [9.17, 15) is 4.79 Å². The predicted molar refractivity (Wildman–Crippen MR) is 152 cm³/mol. The molecule has 0 spiro atoms. The average molecular weight is 567 g/mol. The van der Waals surface area contributed by atoms with Crippen LogP contribution in [-0.2, 0) is 4.74 Å². The summed E-state index contributed by atoms with van der Waals surface area (Å²) < 4.78 is 16.1. The molecule has 40 heavy (non-hydrogen) atoms. The van der Waals surface area contributed by atoms with E-state index in [1.54, 1.807) is 4.90 Å². The molecule has 10 nitrogen and oxygen atoms in total. The van der Waals surface area contributed by atoms with Crippen molar-refractivity contribution in [2.24, 2.45) is 0 Å². The fraction of sp³-hybridized carbons (Fsp3) is 0.414.